The van der Waals surface area contributed by atoms with Gasteiger partial charge in [0.05, 0.1) is 0 Å². The summed E-state index contributed by atoms with van der Waals surface area (Å²) in [6.07, 6.45) is 1.42. The Balaban J connectivity index is 1.67. The van der Waals surface area contributed by atoms with Crippen molar-refractivity contribution in [3.63, 3.8) is 0 Å². The number of pyridine rings is 1. The largest absolute Gasteiger partial charge is 0.360 e. The van der Waals surface area contributed by atoms with Crippen LogP contribution in [0.2, 0.25) is 0 Å². The third-order valence-corrected chi connectivity index (χ3v) is 3.82. The molecule has 0 aliphatic rings. The second-order valence-electron chi connectivity index (χ2n) is 5.82. The molecule has 2 N–H and O–H groups in total. The van der Waals surface area contributed by atoms with Gasteiger partial charge in [0, 0.05) is 24.4 Å². The summed E-state index contributed by atoms with van der Waals surface area (Å²) in [4.78, 5) is 28.6. The summed E-state index contributed by atoms with van der Waals surface area (Å²) in [5.74, 6) is 0.162. The standard InChI is InChI=1S/C19H18N4O3/c1-12-5-3-4-6-15(12)11-21-19(25)16-10-14(7-8-20-16)18(24)22-17-9-13(2)26-23-17/h3-10H,11H2,1-2H3,(H,21,25)(H,22,23,24). The zero-order valence-corrected chi connectivity index (χ0v) is 14.4. The van der Waals surface area contributed by atoms with Crippen LogP contribution in [0.3, 0.4) is 0 Å². The van der Waals surface area contributed by atoms with Gasteiger partial charge in [-0.2, -0.15) is 0 Å². The van der Waals surface area contributed by atoms with Gasteiger partial charge in [0.15, 0.2) is 5.82 Å². The lowest BCUT2D eigenvalue weighted by Crippen LogP contribution is -2.24. The first-order valence-electron chi connectivity index (χ1n) is 8.06. The van der Waals surface area contributed by atoms with Crippen molar-refractivity contribution < 1.29 is 14.1 Å². The molecule has 3 rings (SSSR count). The molecule has 0 saturated heterocycles. The summed E-state index contributed by atoms with van der Waals surface area (Å²) >= 11 is 0. The van der Waals surface area contributed by atoms with Gasteiger partial charge in [0.2, 0.25) is 0 Å². The summed E-state index contributed by atoms with van der Waals surface area (Å²) < 4.78 is 4.91. The van der Waals surface area contributed by atoms with E-state index < -0.39 is 5.91 Å². The molecule has 2 heterocycles. The number of anilines is 1. The second kappa shape index (κ2) is 7.60. The van der Waals surface area contributed by atoms with E-state index in [1.165, 1.54) is 18.3 Å². The van der Waals surface area contributed by atoms with E-state index in [1.54, 1.807) is 13.0 Å². The van der Waals surface area contributed by atoms with Crippen LogP contribution in [-0.4, -0.2) is 22.0 Å². The molecular formula is C19H18N4O3. The summed E-state index contributed by atoms with van der Waals surface area (Å²) in [6, 6.07) is 12.4. The smallest absolute Gasteiger partial charge is 0.270 e. The van der Waals surface area contributed by atoms with Gasteiger partial charge in [-0.05, 0) is 37.1 Å². The lowest BCUT2D eigenvalue weighted by atomic mass is 10.1. The number of carbonyl (C=O) groups is 2. The second-order valence-corrected chi connectivity index (χ2v) is 5.82. The molecule has 7 nitrogen and oxygen atoms in total. The van der Waals surface area contributed by atoms with E-state index in [4.69, 9.17) is 4.52 Å². The number of hydrogen-bond acceptors (Lipinski definition) is 5. The number of hydrogen-bond donors (Lipinski definition) is 2. The highest BCUT2D eigenvalue weighted by Crippen LogP contribution is 2.11. The van der Waals surface area contributed by atoms with Gasteiger partial charge in [0.25, 0.3) is 11.8 Å². The number of amides is 2. The number of nitrogens with one attached hydrogen (secondary N) is 2. The minimum absolute atomic E-state index is 0.169. The molecule has 0 bridgehead atoms. The summed E-state index contributed by atoms with van der Waals surface area (Å²) in [6.45, 7) is 4.10. The van der Waals surface area contributed by atoms with Crippen molar-refractivity contribution in [1.82, 2.24) is 15.5 Å². The van der Waals surface area contributed by atoms with Crippen molar-refractivity contribution >= 4 is 17.6 Å². The van der Waals surface area contributed by atoms with Gasteiger partial charge >= 0.3 is 0 Å². The summed E-state index contributed by atoms with van der Waals surface area (Å²) in [5.41, 5.74) is 2.59. The number of nitrogens with zero attached hydrogens (tertiary/aromatic N) is 2. The fourth-order valence-corrected chi connectivity index (χ4v) is 2.38. The predicted octanol–water partition coefficient (Wildman–Crippen LogP) is 2.87. The average molecular weight is 350 g/mol. The van der Waals surface area contributed by atoms with Crippen molar-refractivity contribution in [1.29, 1.82) is 0 Å². The van der Waals surface area contributed by atoms with Gasteiger partial charge in [-0.1, -0.05) is 29.4 Å². The van der Waals surface area contributed by atoms with Crippen LogP contribution in [0.1, 0.15) is 37.7 Å². The lowest BCUT2D eigenvalue weighted by Gasteiger charge is -2.08. The highest BCUT2D eigenvalue weighted by atomic mass is 16.5. The topological polar surface area (TPSA) is 97.1 Å². The molecule has 3 aromatic rings. The predicted molar refractivity (Wildman–Crippen MR) is 95.8 cm³/mol. The Morgan fingerprint density at radius 2 is 1.88 bits per heavy atom. The quantitative estimate of drug-likeness (QED) is 0.737. The van der Waals surface area contributed by atoms with Gasteiger partial charge < -0.3 is 15.2 Å². The highest BCUT2D eigenvalue weighted by Gasteiger charge is 2.13. The van der Waals surface area contributed by atoms with Crippen molar-refractivity contribution in [2.45, 2.75) is 20.4 Å². The van der Waals surface area contributed by atoms with Gasteiger partial charge in [-0.25, -0.2) is 0 Å². The molecule has 0 atom stereocenters. The summed E-state index contributed by atoms with van der Waals surface area (Å²) in [7, 11) is 0. The molecule has 26 heavy (non-hydrogen) atoms. The fourth-order valence-electron chi connectivity index (χ4n) is 2.38. The Labute approximate surface area is 150 Å². The molecular weight excluding hydrogens is 332 g/mol. The van der Waals surface area contributed by atoms with Crippen molar-refractivity contribution in [3.05, 3.63) is 76.8 Å². The molecule has 0 unspecified atom stereocenters. The molecule has 2 amide bonds. The zero-order valence-electron chi connectivity index (χ0n) is 14.4. The van der Waals surface area contributed by atoms with E-state index in [0.29, 0.717) is 23.7 Å². The Morgan fingerprint density at radius 1 is 1.08 bits per heavy atom. The third kappa shape index (κ3) is 4.13. The van der Waals surface area contributed by atoms with Crippen molar-refractivity contribution in [2.75, 3.05) is 5.32 Å². The Bertz CT molecular complexity index is 949. The van der Waals surface area contributed by atoms with Crippen LogP contribution >= 0.6 is 0 Å². The van der Waals surface area contributed by atoms with Crippen molar-refractivity contribution in [3.8, 4) is 0 Å². The van der Waals surface area contributed by atoms with Crippen LogP contribution in [-0.2, 0) is 6.54 Å². The Morgan fingerprint density at radius 3 is 2.62 bits per heavy atom. The molecule has 7 heteroatoms. The number of aromatic nitrogens is 2. The van der Waals surface area contributed by atoms with Crippen molar-refractivity contribution in [2.24, 2.45) is 0 Å². The van der Waals surface area contributed by atoms with E-state index in [1.807, 2.05) is 31.2 Å². The average Bonchev–Trinajstić information content (AvgIpc) is 3.05. The zero-order chi connectivity index (χ0) is 18.5. The van der Waals surface area contributed by atoms with Crippen LogP contribution in [0.15, 0.2) is 53.2 Å². The van der Waals surface area contributed by atoms with Crippen LogP contribution in [0, 0.1) is 13.8 Å². The fraction of sp³-hybridized carbons (Fsp3) is 0.158. The normalized spacial score (nSPS) is 10.4. The molecule has 1 aromatic carbocycles. The molecule has 0 saturated carbocycles. The maximum atomic E-state index is 12.3. The maximum Gasteiger partial charge on any atom is 0.270 e. The monoisotopic (exact) mass is 350 g/mol. The molecule has 2 aromatic heterocycles. The van der Waals surface area contributed by atoms with E-state index in [9.17, 15) is 9.59 Å². The molecule has 0 fully saturated rings. The number of rotatable bonds is 5. The van der Waals surface area contributed by atoms with Crippen LogP contribution in [0.5, 0.6) is 0 Å². The van der Waals surface area contributed by atoms with E-state index in [-0.39, 0.29) is 11.6 Å². The number of aryl methyl sites for hydroxylation is 2. The first kappa shape index (κ1) is 17.3. The maximum absolute atomic E-state index is 12.3. The van der Waals surface area contributed by atoms with Gasteiger partial charge in [-0.15, -0.1) is 0 Å². The first-order valence-corrected chi connectivity index (χ1v) is 8.06. The number of benzene rings is 1. The molecule has 132 valence electrons. The van der Waals surface area contributed by atoms with E-state index >= 15 is 0 Å². The van der Waals surface area contributed by atoms with Crippen LogP contribution < -0.4 is 10.6 Å². The van der Waals surface area contributed by atoms with E-state index in [0.717, 1.165) is 11.1 Å². The molecule has 0 spiro atoms. The SMILES string of the molecule is Cc1cc(NC(=O)c2ccnc(C(=O)NCc3ccccc3C)c2)no1. The highest BCUT2D eigenvalue weighted by molar-refractivity contribution is 6.05. The third-order valence-electron chi connectivity index (χ3n) is 3.82. The Hall–Kier alpha value is -3.48. The molecule has 0 radical (unpaired) electrons. The van der Waals surface area contributed by atoms with Gasteiger partial charge in [0.1, 0.15) is 11.5 Å². The minimum Gasteiger partial charge on any atom is -0.360 e. The molecule has 0 aliphatic heterocycles. The van der Waals surface area contributed by atoms with E-state index in [2.05, 4.69) is 20.8 Å². The molecule has 0 aliphatic carbocycles. The number of carbonyl (C=O) groups excluding carboxylic acids is 2. The van der Waals surface area contributed by atoms with Crippen LogP contribution in [0.25, 0.3) is 0 Å². The minimum atomic E-state index is -0.395. The van der Waals surface area contributed by atoms with Gasteiger partial charge in [-0.3, -0.25) is 14.6 Å². The Kier molecular flexibility index (Phi) is 5.07. The summed E-state index contributed by atoms with van der Waals surface area (Å²) in [5, 5.41) is 9.13. The lowest BCUT2D eigenvalue weighted by molar-refractivity contribution is 0.0946. The first-order chi connectivity index (χ1) is 12.5. The van der Waals surface area contributed by atoms with Crippen LogP contribution in [0.4, 0.5) is 5.82 Å².